The van der Waals surface area contributed by atoms with E-state index in [1.807, 2.05) is 18.2 Å². The molecule has 0 radical (unpaired) electrons. The fraction of sp³-hybridized carbons (Fsp3) is 0.436. The largest absolute Gasteiger partial charge is 0.416 e. The zero-order chi connectivity index (χ0) is 39.2. The van der Waals surface area contributed by atoms with Crippen LogP contribution in [-0.2, 0) is 15.0 Å². The predicted molar refractivity (Wildman–Crippen MR) is 220 cm³/mol. The van der Waals surface area contributed by atoms with Crippen LogP contribution in [0.4, 0.5) is 24.8 Å². The molecule has 0 spiro atoms. The first-order chi connectivity index (χ1) is 24.6. The SMILES string of the molecule is CC(C)(C)[Si](C)(C)OCCNc1ncc(-c2ccc(C(F)(F)F)cc2)c2cccnc12.CC(C)(C)[Si](C)(C)OCCNc1ncc(Br)c2cccnc12. The first kappa shape index (κ1) is 42.3. The summed E-state index contributed by atoms with van der Waals surface area (Å²) >= 11 is 3.51. The second-order valence-electron chi connectivity index (χ2n) is 15.9. The van der Waals surface area contributed by atoms with Gasteiger partial charge in [-0.3, -0.25) is 9.97 Å². The smallest absolute Gasteiger partial charge is 0.415 e. The Bertz CT molecular complexity index is 1980. The minimum absolute atomic E-state index is 0.142. The third-order valence-corrected chi connectivity index (χ3v) is 19.8. The monoisotopic (exact) mass is 828 g/mol. The number of nitrogens with zero attached hydrogens (tertiary/aromatic N) is 4. The molecular weight excluding hydrogens is 778 g/mol. The zero-order valence-electron chi connectivity index (χ0n) is 32.4. The lowest BCUT2D eigenvalue weighted by molar-refractivity contribution is -0.137. The van der Waals surface area contributed by atoms with E-state index in [-0.39, 0.29) is 10.1 Å². The lowest BCUT2D eigenvalue weighted by atomic mass is 10.0. The van der Waals surface area contributed by atoms with Gasteiger partial charge in [-0.1, -0.05) is 59.7 Å². The van der Waals surface area contributed by atoms with Gasteiger partial charge in [0.2, 0.25) is 0 Å². The van der Waals surface area contributed by atoms with Crippen LogP contribution in [0.2, 0.25) is 36.3 Å². The summed E-state index contributed by atoms with van der Waals surface area (Å²) in [5.41, 5.74) is 2.27. The lowest BCUT2D eigenvalue weighted by Gasteiger charge is -2.36. The van der Waals surface area contributed by atoms with Gasteiger partial charge >= 0.3 is 6.18 Å². The number of nitrogens with one attached hydrogen (secondary N) is 2. The van der Waals surface area contributed by atoms with E-state index in [2.05, 4.69) is 114 Å². The number of hydrogen-bond donors (Lipinski definition) is 2. The molecule has 5 rings (SSSR count). The van der Waals surface area contributed by atoms with E-state index in [0.29, 0.717) is 36.7 Å². The van der Waals surface area contributed by atoms with E-state index in [9.17, 15) is 13.2 Å². The Morgan fingerprint density at radius 3 is 1.57 bits per heavy atom. The van der Waals surface area contributed by atoms with Crippen LogP contribution in [0.1, 0.15) is 47.1 Å². The topological polar surface area (TPSA) is 94.1 Å². The van der Waals surface area contributed by atoms with E-state index in [0.717, 1.165) is 50.8 Å². The number of halogens is 4. The number of fused-ring (bicyclic) bond motifs is 2. The Labute approximate surface area is 322 Å². The van der Waals surface area contributed by atoms with Crippen molar-refractivity contribution in [1.29, 1.82) is 0 Å². The number of hydrogen-bond acceptors (Lipinski definition) is 8. The summed E-state index contributed by atoms with van der Waals surface area (Å²) in [5, 5.41) is 8.90. The van der Waals surface area contributed by atoms with Crippen LogP contribution in [0, 0.1) is 0 Å². The summed E-state index contributed by atoms with van der Waals surface area (Å²) in [6.45, 7) is 24.9. The molecule has 0 saturated heterocycles. The number of alkyl halides is 3. The van der Waals surface area contributed by atoms with Crippen LogP contribution in [0.3, 0.4) is 0 Å². The summed E-state index contributed by atoms with van der Waals surface area (Å²) in [4.78, 5) is 17.8. The molecule has 4 heterocycles. The van der Waals surface area contributed by atoms with Crippen LogP contribution >= 0.6 is 15.9 Å². The van der Waals surface area contributed by atoms with Crippen LogP contribution in [0.25, 0.3) is 32.9 Å². The fourth-order valence-corrected chi connectivity index (χ4v) is 7.33. The van der Waals surface area contributed by atoms with Gasteiger partial charge in [-0.25, -0.2) is 9.97 Å². The molecule has 0 amide bonds. The molecule has 53 heavy (non-hydrogen) atoms. The first-order valence-electron chi connectivity index (χ1n) is 17.7. The van der Waals surface area contributed by atoms with E-state index < -0.39 is 28.4 Å². The third kappa shape index (κ3) is 10.8. The molecule has 4 aromatic heterocycles. The van der Waals surface area contributed by atoms with Crippen molar-refractivity contribution in [3.63, 3.8) is 0 Å². The highest BCUT2D eigenvalue weighted by atomic mass is 79.9. The van der Waals surface area contributed by atoms with Crippen molar-refractivity contribution in [3.05, 3.63) is 83.4 Å². The van der Waals surface area contributed by atoms with Crippen LogP contribution in [0.15, 0.2) is 77.8 Å². The molecular formula is C39H52BrF3N6O2Si2. The standard InChI is InChI=1S/C23H28F3N3OSi.C16H24BrN3OSi/c1-22(2,3)31(4,5)30-14-13-28-21-20-18(7-6-12-27-20)19(15-29-21)16-8-10-17(11-9-16)23(24,25)26;1-16(2,3)22(4,5)21-10-9-19-15-14-12(7-6-8-18-14)13(17)11-20-15/h6-12,15H,13-14H2,1-5H3,(H,28,29);6-8,11H,9-10H2,1-5H3,(H,19,20). The van der Waals surface area contributed by atoms with E-state index in [4.69, 9.17) is 8.85 Å². The Morgan fingerprint density at radius 2 is 1.09 bits per heavy atom. The molecule has 2 N–H and O–H groups in total. The van der Waals surface area contributed by atoms with Gasteiger partial charge in [-0.15, -0.1) is 0 Å². The number of benzene rings is 1. The maximum atomic E-state index is 12.9. The summed E-state index contributed by atoms with van der Waals surface area (Å²) < 4.78 is 52.0. The van der Waals surface area contributed by atoms with Crippen molar-refractivity contribution in [3.8, 4) is 11.1 Å². The molecule has 286 valence electrons. The molecule has 0 aliphatic heterocycles. The van der Waals surface area contributed by atoms with Crippen molar-refractivity contribution in [2.24, 2.45) is 0 Å². The number of anilines is 2. The van der Waals surface area contributed by atoms with Gasteiger partial charge in [0.15, 0.2) is 28.3 Å². The highest BCUT2D eigenvalue weighted by Crippen LogP contribution is 2.38. The number of rotatable bonds is 11. The van der Waals surface area contributed by atoms with Crippen LogP contribution in [0.5, 0.6) is 0 Å². The van der Waals surface area contributed by atoms with Crippen LogP contribution in [-0.4, -0.2) is 62.9 Å². The van der Waals surface area contributed by atoms with E-state index in [1.165, 1.54) is 12.1 Å². The highest BCUT2D eigenvalue weighted by Gasteiger charge is 2.37. The minimum atomic E-state index is -4.36. The van der Waals surface area contributed by atoms with Gasteiger partial charge in [-0.2, -0.15) is 13.2 Å². The summed E-state index contributed by atoms with van der Waals surface area (Å²) in [5.74, 6) is 1.43. The quantitative estimate of drug-likeness (QED) is 0.100. The molecule has 0 fully saturated rings. The minimum Gasteiger partial charge on any atom is -0.415 e. The van der Waals surface area contributed by atoms with Crippen molar-refractivity contribution in [2.75, 3.05) is 36.9 Å². The molecule has 0 aliphatic carbocycles. The highest BCUT2D eigenvalue weighted by molar-refractivity contribution is 9.10. The summed E-state index contributed by atoms with van der Waals surface area (Å²) in [6, 6.07) is 12.8. The van der Waals surface area contributed by atoms with Gasteiger partial charge < -0.3 is 19.5 Å². The van der Waals surface area contributed by atoms with Gasteiger partial charge in [0.25, 0.3) is 0 Å². The summed E-state index contributed by atoms with van der Waals surface area (Å²) in [7, 11) is -3.51. The Hall–Kier alpha value is -3.44. The van der Waals surface area contributed by atoms with Gasteiger partial charge in [0, 0.05) is 58.7 Å². The fourth-order valence-electron chi connectivity index (χ4n) is 4.82. The Kier molecular flexibility index (Phi) is 13.5. The van der Waals surface area contributed by atoms with Crippen LogP contribution < -0.4 is 10.6 Å². The van der Waals surface area contributed by atoms with Gasteiger partial charge in [0.1, 0.15) is 11.0 Å². The predicted octanol–water partition coefficient (Wildman–Crippen LogP) is 11.6. The number of aromatic nitrogens is 4. The molecule has 1 aromatic carbocycles. The second-order valence-corrected chi connectivity index (χ2v) is 26.4. The second kappa shape index (κ2) is 16.9. The van der Waals surface area contributed by atoms with E-state index in [1.54, 1.807) is 30.9 Å². The average Bonchev–Trinajstić information content (AvgIpc) is 3.08. The molecule has 0 saturated carbocycles. The van der Waals surface area contributed by atoms with Gasteiger partial charge in [0.05, 0.1) is 18.8 Å². The maximum absolute atomic E-state index is 12.9. The summed E-state index contributed by atoms with van der Waals surface area (Å²) in [6.07, 6.45) is 2.58. The molecule has 0 bridgehead atoms. The van der Waals surface area contributed by atoms with Crippen molar-refractivity contribution in [2.45, 2.75) is 84.0 Å². The van der Waals surface area contributed by atoms with Gasteiger partial charge in [-0.05, 0) is 88.1 Å². The Morgan fingerprint density at radius 1 is 0.642 bits per heavy atom. The third-order valence-electron chi connectivity index (χ3n) is 10.1. The van der Waals surface area contributed by atoms with Crippen molar-refractivity contribution >= 4 is 66.0 Å². The molecule has 14 heteroatoms. The normalized spacial score (nSPS) is 12.8. The lowest BCUT2D eigenvalue weighted by Crippen LogP contribution is -2.41. The first-order valence-corrected chi connectivity index (χ1v) is 24.3. The molecule has 0 aliphatic rings. The Balaban J connectivity index is 0.000000251. The van der Waals surface area contributed by atoms with Crippen molar-refractivity contribution in [1.82, 2.24) is 19.9 Å². The molecule has 8 nitrogen and oxygen atoms in total. The van der Waals surface area contributed by atoms with E-state index >= 15 is 0 Å². The number of pyridine rings is 4. The molecule has 0 atom stereocenters. The molecule has 0 unspecified atom stereocenters. The molecule has 5 aromatic rings. The zero-order valence-corrected chi connectivity index (χ0v) is 36.0. The van der Waals surface area contributed by atoms with Crippen molar-refractivity contribution < 1.29 is 22.0 Å². The average molecular weight is 830 g/mol. The maximum Gasteiger partial charge on any atom is 0.416 e.